The van der Waals surface area contributed by atoms with E-state index in [9.17, 15) is 9.90 Å². The highest BCUT2D eigenvalue weighted by Crippen LogP contribution is 2.30. The standard InChI is InChI=1S/C15H18BrNO3/c1-20-13-5-4-12(16)9-11(13)3-6-14(18)17-10-15(19)7-2-8-15/h3-6,9,19H,2,7-8,10H2,1H3,(H,17,18). The molecule has 2 N–H and O–H groups in total. The second-order valence-corrected chi connectivity index (χ2v) is 5.93. The Morgan fingerprint density at radius 1 is 1.55 bits per heavy atom. The number of benzene rings is 1. The second kappa shape index (κ2) is 6.41. The fourth-order valence-electron chi connectivity index (χ4n) is 2.07. The molecule has 1 aliphatic carbocycles. The fourth-order valence-corrected chi connectivity index (χ4v) is 2.45. The van der Waals surface area contributed by atoms with Crippen LogP contribution in [0.5, 0.6) is 5.75 Å². The molecule has 1 aromatic rings. The first-order chi connectivity index (χ1) is 9.52. The van der Waals surface area contributed by atoms with Crippen molar-refractivity contribution in [2.45, 2.75) is 24.9 Å². The smallest absolute Gasteiger partial charge is 0.244 e. The first kappa shape index (κ1) is 15.1. The molecule has 1 aliphatic rings. The molecule has 0 unspecified atom stereocenters. The molecule has 108 valence electrons. The lowest BCUT2D eigenvalue weighted by atomic mass is 9.80. The summed E-state index contributed by atoms with van der Waals surface area (Å²) in [6.07, 6.45) is 5.69. The van der Waals surface area contributed by atoms with Gasteiger partial charge in [-0.3, -0.25) is 4.79 Å². The van der Waals surface area contributed by atoms with Crippen molar-refractivity contribution in [3.8, 4) is 5.75 Å². The maximum Gasteiger partial charge on any atom is 0.244 e. The molecule has 2 rings (SSSR count). The third-order valence-electron chi connectivity index (χ3n) is 3.48. The summed E-state index contributed by atoms with van der Waals surface area (Å²) >= 11 is 3.38. The number of carbonyl (C=O) groups is 1. The van der Waals surface area contributed by atoms with Gasteiger partial charge in [0.2, 0.25) is 5.91 Å². The Morgan fingerprint density at radius 2 is 2.30 bits per heavy atom. The van der Waals surface area contributed by atoms with Crippen molar-refractivity contribution in [2.24, 2.45) is 0 Å². The molecule has 0 bridgehead atoms. The molecule has 0 radical (unpaired) electrons. The average Bonchev–Trinajstić information content (AvgIpc) is 2.41. The summed E-state index contributed by atoms with van der Waals surface area (Å²) in [4.78, 5) is 11.7. The van der Waals surface area contributed by atoms with E-state index >= 15 is 0 Å². The molecular weight excluding hydrogens is 322 g/mol. The fraction of sp³-hybridized carbons (Fsp3) is 0.400. The molecule has 4 nitrogen and oxygen atoms in total. The van der Waals surface area contributed by atoms with Gasteiger partial charge in [0.05, 0.1) is 12.7 Å². The van der Waals surface area contributed by atoms with Gasteiger partial charge in [0.1, 0.15) is 5.75 Å². The number of carbonyl (C=O) groups excluding carboxylic acids is 1. The summed E-state index contributed by atoms with van der Waals surface area (Å²) in [6, 6.07) is 5.59. The highest BCUT2D eigenvalue weighted by Gasteiger charge is 2.34. The quantitative estimate of drug-likeness (QED) is 0.810. The number of rotatable bonds is 5. The molecule has 5 heteroatoms. The zero-order chi connectivity index (χ0) is 14.6. The minimum absolute atomic E-state index is 0.215. The van der Waals surface area contributed by atoms with Crippen LogP contribution in [0.3, 0.4) is 0 Å². The van der Waals surface area contributed by atoms with Gasteiger partial charge in [-0.15, -0.1) is 0 Å². The summed E-state index contributed by atoms with van der Waals surface area (Å²) in [6.45, 7) is 0.311. The largest absolute Gasteiger partial charge is 0.496 e. The SMILES string of the molecule is COc1ccc(Br)cc1C=CC(=O)NCC1(O)CCC1. The Labute approximate surface area is 127 Å². The highest BCUT2D eigenvalue weighted by molar-refractivity contribution is 9.10. The third kappa shape index (κ3) is 3.84. The monoisotopic (exact) mass is 339 g/mol. The normalized spacial score (nSPS) is 16.8. The predicted octanol–water partition coefficient (Wildman–Crippen LogP) is 2.50. The van der Waals surface area contributed by atoms with Crippen LogP contribution in [-0.4, -0.2) is 30.3 Å². The number of nitrogens with one attached hydrogen (secondary N) is 1. The van der Waals surface area contributed by atoms with Gasteiger partial charge in [0.25, 0.3) is 0 Å². The molecule has 0 aliphatic heterocycles. The van der Waals surface area contributed by atoms with Crippen molar-refractivity contribution < 1.29 is 14.6 Å². The molecule has 0 atom stereocenters. The first-order valence-electron chi connectivity index (χ1n) is 6.54. The summed E-state index contributed by atoms with van der Waals surface area (Å²) in [5.74, 6) is 0.488. The van der Waals surface area contributed by atoms with Gasteiger partial charge in [-0.2, -0.15) is 0 Å². The number of amides is 1. The molecule has 0 heterocycles. The van der Waals surface area contributed by atoms with Crippen LogP contribution < -0.4 is 10.1 Å². The van der Waals surface area contributed by atoms with Crippen molar-refractivity contribution in [3.63, 3.8) is 0 Å². The van der Waals surface area contributed by atoms with Crippen molar-refractivity contribution in [2.75, 3.05) is 13.7 Å². The first-order valence-corrected chi connectivity index (χ1v) is 7.34. The van der Waals surface area contributed by atoms with Crippen molar-refractivity contribution in [3.05, 3.63) is 34.3 Å². The second-order valence-electron chi connectivity index (χ2n) is 5.02. The van der Waals surface area contributed by atoms with E-state index in [0.29, 0.717) is 12.3 Å². The van der Waals surface area contributed by atoms with Crippen LogP contribution in [0.2, 0.25) is 0 Å². The summed E-state index contributed by atoms with van der Waals surface area (Å²) < 4.78 is 6.15. The lowest BCUT2D eigenvalue weighted by Crippen LogP contribution is -2.47. The Morgan fingerprint density at radius 3 is 2.90 bits per heavy atom. The Balaban J connectivity index is 1.94. The van der Waals surface area contributed by atoms with Crippen LogP contribution >= 0.6 is 15.9 Å². The van der Waals surface area contributed by atoms with E-state index < -0.39 is 5.60 Å². The van der Waals surface area contributed by atoms with Gasteiger partial charge >= 0.3 is 0 Å². The van der Waals surface area contributed by atoms with Crippen LogP contribution in [0.1, 0.15) is 24.8 Å². The predicted molar refractivity (Wildman–Crippen MR) is 81.5 cm³/mol. The molecule has 0 aromatic heterocycles. The highest BCUT2D eigenvalue weighted by atomic mass is 79.9. The molecule has 1 aromatic carbocycles. The third-order valence-corrected chi connectivity index (χ3v) is 3.98. The minimum Gasteiger partial charge on any atom is -0.496 e. The van der Waals surface area contributed by atoms with E-state index in [1.807, 2.05) is 18.2 Å². The van der Waals surface area contributed by atoms with Gasteiger partial charge in [0.15, 0.2) is 0 Å². The number of halogens is 1. The number of hydrogen-bond acceptors (Lipinski definition) is 3. The van der Waals surface area contributed by atoms with Gasteiger partial charge in [-0.25, -0.2) is 0 Å². The Hall–Kier alpha value is -1.33. The van der Waals surface area contributed by atoms with Crippen LogP contribution in [-0.2, 0) is 4.79 Å². The zero-order valence-corrected chi connectivity index (χ0v) is 12.9. The lowest BCUT2D eigenvalue weighted by molar-refractivity contribution is -0.118. The molecule has 0 spiro atoms. The van der Waals surface area contributed by atoms with Crippen molar-refractivity contribution in [1.29, 1.82) is 0 Å². The van der Waals surface area contributed by atoms with Gasteiger partial charge in [-0.05, 0) is 43.5 Å². The molecule has 1 amide bonds. The lowest BCUT2D eigenvalue weighted by Gasteiger charge is -2.36. The minimum atomic E-state index is -0.697. The number of hydrogen-bond donors (Lipinski definition) is 2. The maximum atomic E-state index is 11.7. The number of ether oxygens (including phenoxy) is 1. The van der Waals surface area contributed by atoms with E-state index in [1.165, 1.54) is 6.08 Å². The molecular formula is C15H18BrNO3. The van der Waals surface area contributed by atoms with Gasteiger partial charge in [-0.1, -0.05) is 15.9 Å². The number of methoxy groups -OCH3 is 1. The van der Waals surface area contributed by atoms with E-state index in [-0.39, 0.29) is 5.91 Å². The average molecular weight is 340 g/mol. The van der Waals surface area contributed by atoms with Crippen LogP contribution in [0.25, 0.3) is 6.08 Å². The van der Waals surface area contributed by atoms with Crippen molar-refractivity contribution >= 4 is 27.9 Å². The number of aliphatic hydroxyl groups is 1. The van der Waals surface area contributed by atoms with Crippen LogP contribution in [0.15, 0.2) is 28.7 Å². The summed E-state index contributed by atoms with van der Waals surface area (Å²) in [5.41, 5.74) is 0.121. The van der Waals surface area contributed by atoms with E-state index in [1.54, 1.807) is 13.2 Å². The van der Waals surface area contributed by atoms with Crippen LogP contribution in [0, 0.1) is 0 Å². The summed E-state index contributed by atoms with van der Waals surface area (Å²) in [7, 11) is 1.59. The Kier molecular flexibility index (Phi) is 4.83. The maximum absolute atomic E-state index is 11.7. The molecule has 0 saturated heterocycles. The van der Waals surface area contributed by atoms with Crippen LogP contribution in [0.4, 0.5) is 0 Å². The molecule has 20 heavy (non-hydrogen) atoms. The van der Waals surface area contributed by atoms with Gasteiger partial charge < -0.3 is 15.2 Å². The topological polar surface area (TPSA) is 58.6 Å². The van der Waals surface area contributed by atoms with Gasteiger partial charge in [0, 0.05) is 22.7 Å². The van der Waals surface area contributed by atoms with Crippen molar-refractivity contribution in [1.82, 2.24) is 5.32 Å². The Bertz CT molecular complexity index is 524. The van der Waals surface area contributed by atoms with E-state index in [2.05, 4.69) is 21.2 Å². The molecule has 1 fully saturated rings. The summed E-state index contributed by atoms with van der Waals surface area (Å²) in [5, 5.41) is 12.6. The molecule has 1 saturated carbocycles. The van der Waals surface area contributed by atoms with E-state index in [0.717, 1.165) is 29.3 Å². The zero-order valence-electron chi connectivity index (χ0n) is 11.4. The van der Waals surface area contributed by atoms with E-state index in [4.69, 9.17) is 4.74 Å².